The minimum Gasteiger partial charge on any atom is -0.497 e. The molecule has 9 heteroatoms. The molecule has 3 aromatic rings. The highest BCUT2D eigenvalue weighted by Gasteiger charge is 2.14. The van der Waals surface area contributed by atoms with Crippen LogP contribution in [-0.2, 0) is 4.79 Å². The third kappa shape index (κ3) is 4.37. The second kappa shape index (κ2) is 8.13. The summed E-state index contributed by atoms with van der Waals surface area (Å²) in [4.78, 5) is 13.3. The third-order valence-electron chi connectivity index (χ3n) is 3.44. The maximum absolute atomic E-state index is 12.2. The number of thiophene rings is 1. The number of rotatable bonds is 7. The van der Waals surface area contributed by atoms with Crippen LogP contribution >= 0.6 is 23.1 Å². The first-order chi connectivity index (χ1) is 12.2. The lowest BCUT2D eigenvalue weighted by Crippen LogP contribution is -2.27. The van der Waals surface area contributed by atoms with Crippen LogP contribution in [0.25, 0.3) is 5.69 Å². The van der Waals surface area contributed by atoms with Crippen molar-refractivity contribution in [2.75, 3.05) is 12.9 Å². The Morgan fingerprint density at radius 2 is 2.16 bits per heavy atom. The Bertz CT molecular complexity index is 817. The fourth-order valence-electron chi connectivity index (χ4n) is 2.18. The largest absolute Gasteiger partial charge is 0.497 e. The molecule has 0 aliphatic carbocycles. The molecule has 1 atom stereocenters. The average Bonchev–Trinajstić information content (AvgIpc) is 3.31. The summed E-state index contributed by atoms with van der Waals surface area (Å²) in [6, 6.07) is 11.4. The van der Waals surface area contributed by atoms with Gasteiger partial charge in [0.2, 0.25) is 11.1 Å². The SMILES string of the molecule is COc1ccc(-n2nnnc2SCC(=O)N[C@H](C)c2cccs2)cc1. The zero-order valence-corrected chi connectivity index (χ0v) is 15.4. The molecule has 2 heterocycles. The van der Waals surface area contributed by atoms with E-state index in [1.54, 1.807) is 23.1 Å². The van der Waals surface area contributed by atoms with E-state index < -0.39 is 0 Å². The van der Waals surface area contributed by atoms with Gasteiger partial charge in [-0.05, 0) is 53.1 Å². The number of nitrogens with one attached hydrogen (secondary N) is 1. The number of hydrogen-bond donors (Lipinski definition) is 1. The van der Waals surface area contributed by atoms with Gasteiger partial charge in [-0.25, -0.2) is 0 Å². The molecule has 25 heavy (non-hydrogen) atoms. The van der Waals surface area contributed by atoms with Gasteiger partial charge < -0.3 is 10.1 Å². The first-order valence-electron chi connectivity index (χ1n) is 7.55. The number of thioether (sulfide) groups is 1. The molecule has 0 saturated heterocycles. The summed E-state index contributed by atoms with van der Waals surface area (Å²) in [5.41, 5.74) is 0.806. The van der Waals surface area contributed by atoms with E-state index in [9.17, 15) is 4.79 Å². The van der Waals surface area contributed by atoms with Crippen LogP contribution in [-0.4, -0.2) is 39.0 Å². The van der Waals surface area contributed by atoms with Gasteiger partial charge in [-0.2, -0.15) is 4.68 Å². The average molecular weight is 375 g/mol. The van der Waals surface area contributed by atoms with Crippen molar-refractivity contribution in [3.05, 3.63) is 46.7 Å². The van der Waals surface area contributed by atoms with E-state index in [1.807, 2.05) is 48.7 Å². The molecule has 0 bridgehead atoms. The minimum atomic E-state index is -0.0600. The Morgan fingerprint density at radius 3 is 2.84 bits per heavy atom. The first kappa shape index (κ1) is 17.4. The number of carbonyl (C=O) groups excluding carboxylic acids is 1. The molecule has 0 saturated carbocycles. The summed E-state index contributed by atoms with van der Waals surface area (Å²) in [5.74, 6) is 0.940. The molecule has 1 N–H and O–H groups in total. The number of ether oxygens (including phenoxy) is 1. The lowest BCUT2D eigenvalue weighted by molar-refractivity contribution is -0.119. The van der Waals surface area contributed by atoms with Crippen LogP contribution in [0.3, 0.4) is 0 Å². The molecule has 1 amide bonds. The smallest absolute Gasteiger partial charge is 0.230 e. The molecule has 2 aromatic heterocycles. The number of carbonyl (C=O) groups is 1. The van der Waals surface area contributed by atoms with E-state index in [1.165, 1.54) is 11.8 Å². The fourth-order valence-corrected chi connectivity index (χ4v) is 3.61. The van der Waals surface area contributed by atoms with Crippen LogP contribution in [0.1, 0.15) is 17.8 Å². The normalized spacial score (nSPS) is 11.9. The van der Waals surface area contributed by atoms with Gasteiger partial charge in [-0.15, -0.1) is 16.4 Å². The van der Waals surface area contributed by atoms with Crippen molar-refractivity contribution < 1.29 is 9.53 Å². The van der Waals surface area contributed by atoms with Gasteiger partial charge >= 0.3 is 0 Å². The molecule has 0 unspecified atom stereocenters. The standard InChI is InChI=1S/C16H17N5O2S2/c1-11(14-4-3-9-24-14)17-15(22)10-25-16-18-19-20-21(16)12-5-7-13(23-2)8-6-12/h3-9,11H,10H2,1-2H3,(H,17,22)/t11-/m1/s1. The Balaban J connectivity index is 1.60. The van der Waals surface area contributed by atoms with Gasteiger partial charge in [0.15, 0.2) is 0 Å². The third-order valence-corrected chi connectivity index (χ3v) is 5.41. The fraction of sp³-hybridized carbons (Fsp3) is 0.250. The maximum Gasteiger partial charge on any atom is 0.230 e. The quantitative estimate of drug-likeness (QED) is 0.640. The Morgan fingerprint density at radius 1 is 1.36 bits per heavy atom. The second-order valence-electron chi connectivity index (χ2n) is 5.16. The van der Waals surface area contributed by atoms with E-state index >= 15 is 0 Å². The van der Waals surface area contributed by atoms with Crippen LogP contribution in [0, 0.1) is 0 Å². The summed E-state index contributed by atoms with van der Waals surface area (Å²) in [7, 11) is 1.61. The maximum atomic E-state index is 12.2. The number of aromatic nitrogens is 4. The van der Waals surface area contributed by atoms with Gasteiger partial charge in [0, 0.05) is 4.88 Å². The molecule has 0 aliphatic heterocycles. The van der Waals surface area contributed by atoms with E-state index in [0.29, 0.717) is 5.16 Å². The minimum absolute atomic E-state index is 0.00863. The van der Waals surface area contributed by atoms with Gasteiger partial charge in [0.25, 0.3) is 0 Å². The van der Waals surface area contributed by atoms with Crippen molar-refractivity contribution in [2.45, 2.75) is 18.1 Å². The molecular formula is C16H17N5O2S2. The van der Waals surface area contributed by atoms with E-state index in [-0.39, 0.29) is 17.7 Å². The number of benzene rings is 1. The summed E-state index contributed by atoms with van der Waals surface area (Å²) in [6.45, 7) is 1.97. The van der Waals surface area contributed by atoms with Crippen molar-refractivity contribution >= 4 is 29.0 Å². The van der Waals surface area contributed by atoms with Crippen molar-refractivity contribution in [1.29, 1.82) is 0 Å². The first-order valence-corrected chi connectivity index (χ1v) is 9.42. The van der Waals surface area contributed by atoms with Crippen LogP contribution < -0.4 is 10.1 Å². The predicted octanol–water partition coefficient (Wildman–Crippen LogP) is 2.70. The summed E-state index contributed by atoms with van der Waals surface area (Å²) >= 11 is 2.92. The molecule has 0 radical (unpaired) electrons. The molecule has 7 nitrogen and oxygen atoms in total. The van der Waals surface area contributed by atoms with Crippen LogP contribution in [0.15, 0.2) is 46.9 Å². The highest BCUT2D eigenvalue weighted by atomic mass is 32.2. The Labute approximate surface area is 153 Å². The zero-order chi connectivity index (χ0) is 17.6. The molecule has 0 aliphatic rings. The lowest BCUT2D eigenvalue weighted by atomic mass is 10.3. The van der Waals surface area contributed by atoms with Crippen molar-refractivity contribution in [3.8, 4) is 11.4 Å². The van der Waals surface area contributed by atoms with Gasteiger partial charge in [0.1, 0.15) is 5.75 Å². The zero-order valence-electron chi connectivity index (χ0n) is 13.7. The number of amides is 1. The number of methoxy groups -OCH3 is 1. The van der Waals surface area contributed by atoms with Crippen molar-refractivity contribution in [1.82, 2.24) is 25.5 Å². The van der Waals surface area contributed by atoms with E-state index in [2.05, 4.69) is 20.8 Å². The monoisotopic (exact) mass is 375 g/mol. The van der Waals surface area contributed by atoms with Crippen LogP contribution in [0.2, 0.25) is 0 Å². The summed E-state index contributed by atoms with van der Waals surface area (Å²) in [5, 5.41) is 17.2. The van der Waals surface area contributed by atoms with Gasteiger partial charge in [0.05, 0.1) is 24.6 Å². The van der Waals surface area contributed by atoms with Crippen LogP contribution in [0.4, 0.5) is 0 Å². The number of tetrazole rings is 1. The van der Waals surface area contributed by atoms with Crippen molar-refractivity contribution in [2.24, 2.45) is 0 Å². The molecular weight excluding hydrogens is 358 g/mol. The van der Waals surface area contributed by atoms with E-state index in [4.69, 9.17) is 4.74 Å². The van der Waals surface area contributed by atoms with Crippen molar-refractivity contribution in [3.63, 3.8) is 0 Å². The topological polar surface area (TPSA) is 81.9 Å². The Hall–Kier alpha value is -2.39. The van der Waals surface area contributed by atoms with Gasteiger partial charge in [-0.3, -0.25) is 4.79 Å². The molecule has 1 aromatic carbocycles. The highest BCUT2D eigenvalue weighted by Crippen LogP contribution is 2.21. The van der Waals surface area contributed by atoms with E-state index in [0.717, 1.165) is 16.3 Å². The summed E-state index contributed by atoms with van der Waals surface area (Å²) < 4.78 is 6.74. The van der Waals surface area contributed by atoms with Gasteiger partial charge in [-0.1, -0.05) is 17.8 Å². The molecule has 130 valence electrons. The molecule has 0 spiro atoms. The van der Waals surface area contributed by atoms with Crippen LogP contribution in [0.5, 0.6) is 5.75 Å². The second-order valence-corrected chi connectivity index (χ2v) is 7.09. The Kier molecular flexibility index (Phi) is 5.67. The molecule has 3 rings (SSSR count). The number of hydrogen-bond acceptors (Lipinski definition) is 7. The summed E-state index contributed by atoms with van der Waals surface area (Å²) in [6.07, 6.45) is 0. The number of nitrogens with zero attached hydrogens (tertiary/aromatic N) is 4. The predicted molar refractivity (Wildman–Crippen MR) is 97.3 cm³/mol. The lowest BCUT2D eigenvalue weighted by Gasteiger charge is -2.11. The highest BCUT2D eigenvalue weighted by molar-refractivity contribution is 7.99. The molecule has 0 fully saturated rings.